The van der Waals surface area contributed by atoms with Gasteiger partial charge in [-0.1, -0.05) is 36.0 Å². The molecule has 0 atom stereocenters. The normalized spacial score (nSPS) is 12.5. The van der Waals surface area contributed by atoms with Crippen molar-refractivity contribution in [1.82, 2.24) is 0 Å². The summed E-state index contributed by atoms with van der Waals surface area (Å²) in [6.07, 6.45) is 3.90. The number of carbonyl (C=O) groups excluding carboxylic acids is 1. The Labute approximate surface area is 145 Å². The minimum absolute atomic E-state index is 0.0593. The number of nitrogens with zero attached hydrogens (tertiary/aromatic N) is 2. The fourth-order valence-electron chi connectivity index (χ4n) is 2.84. The van der Waals surface area contributed by atoms with Crippen LogP contribution in [0, 0.1) is 6.92 Å². The molecule has 4 heteroatoms. The molecule has 1 aliphatic rings. The molecule has 3 aromatic rings. The largest absolute Gasteiger partial charge is 0.297 e. The lowest BCUT2D eigenvalue weighted by atomic mass is 10.2. The molecule has 24 heavy (non-hydrogen) atoms. The van der Waals surface area contributed by atoms with E-state index in [4.69, 9.17) is 0 Å². The van der Waals surface area contributed by atoms with Crippen molar-refractivity contribution in [3.8, 4) is 0 Å². The lowest BCUT2D eigenvalue weighted by molar-refractivity contribution is -0.684. The molecule has 1 aromatic heterocycles. The Morgan fingerprint density at radius 1 is 0.917 bits per heavy atom. The summed E-state index contributed by atoms with van der Waals surface area (Å²) in [6, 6.07) is 20.2. The molecule has 4 rings (SSSR count). The molecule has 0 saturated carbocycles. The van der Waals surface area contributed by atoms with Crippen molar-refractivity contribution < 1.29 is 9.36 Å². The van der Waals surface area contributed by atoms with Gasteiger partial charge in [0.25, 0.3) is 5.91 Å². The van der Waals surface area contributed by atoms with E-state index in [0.717, 1.165) is 21.2 Å². The molecular formula is C20H17N2OS+. The van der Waals surface area contributed by atoms with E-state index in [2.05, 4.69) is 12.1 Å². The van der Waals surface area contributed by atoms with Crippen LogP contribution in [-0.2, 0) is 11.3 Å². The summed E-state index contributed by atoms with van der Waals surface area (Å²) in [5.41, 5.74) is 3.10. The van der Waals surface area contributed by atoms with Gasteiger partial charge in [-0.15, -0.1) is 0 Å². The fraction of sp³-hybridized carbons (Fsp3) is 0.100. The number of rotatable bonds is 2. The third-order valence-corrected chi connectivity index (χ3v) is 5.19. The molecule has 3 nitrogen and oxygen atoms in total. The maximum Gasteiger partial charge on any atom is 0.297 e. The second-order valence-corrected chi connectivity index (χ2v) is 6.90. The van der Waals surface area contributed by atoms with E-state index in [1.807, 2.05) is 77.3 Å². The van der Waals surface area contributed by atoms with Gasteiger partial charge >= 0.3 is 0 Å². The van der Waals surface area contributed by atoms with Crippen molar-refractivity contribution in [2.24, 2.45) is 0 Å². The number of pyridine rings is 1. The topological polar surface area (TPSA) is 24.2 Å². The fourth-order valence-corrected chi connectivity index (χ4v) is 3.90. The molecule has 1 amide bonds. The first kappa shape index (κ1) is 15.0. The third kappa shape index (κ3) is 2.69. The smallest absolute Gasteiger partial charge is 0.273 e. The Bertz CT molecular complexity index is 860. The third-order valence-electron chi connectivity index (χ3n) is 4.06. The molecule has 0 radical (unpaired) electrons. The highest BCUT2D eigenvalue weighted by atomic mass is 32.2. The Kier molecular flexibility index (Phi) is 3.82. The number of para-hydroxylation sites is 2. The van der Waals surface area contributed by atoms with Gasteiger partial charge in [0.1, 0.15) is 0 Å². The van der Waals surface area contributed by atoms with Crippen LogP contribution in [0.2, 0.25) is 0 Å². The average molecular weight is 333 g/mol. The first-order valence-electron chi connectivity index (χ1n) is 7.87. The van der Waals surface area contributed by atoms with Gasteiger partial charge in [-0.2, -0.15) is 4.57 Å². The van der Waals surface area contributed by atoms with Crippen molar-refractivity contribution in [2.75, 3.05) is 4.90 Å². The van der Waals surface area contributed by atoms with Crippen LogP contribution in [0.1, 0.15) is 5.56 Å². The molecular weight excluding hydrogens is 316 g/mol. The SMILES string of the molecule is Cc1cc[n+](CC(=O)N2c3ccccc3Sc3ccccc32)cc1. The van der Waals surface area contributed by atoms with Crippen LogP contribution in [0.5, 0.6) is 0 Å². The van der Waals surface area contributed by atoms with Gasteiger partial charge < -0.3 is 0 Å². The first-order chi connectivity index (χ1) is 11.7. The molecule has 2 heterocycles. The summed E-state index contributed by atoms with van der Waals surface area (Å²) in [5, 5.41) is 0. The molecule has 0 spiro atoms. The van der Waals surface area contributed by atoms with Crippen LogP contribution in [0.15, 0.2) is 82.8 Å². The number of benzene rings is 2. The summed E-state index contributed by atoms with van der Waals surface area (Å²) < 4.78 is 1.92. The molecule has 0 fully saturated rings. The van der Waals surface area contributed by atoms with Crippen LogP contribution >= 0.6 is 11.8 Å². The lowest BCUT2D eigenvalue weighted by Crippen LogP contribution is -2.43. The highest BCUT2D eigenvalue weighted by molar-refractivity contribution is 7.99. The summed E-state index contributed by atoms with van der Waals surface area (Å²) in [7, 11) is 0. The van der Waals surface area contributed by atoms with E-state index in [1.165, 1.54) is 5.56 Å². The van der Waals surface area contributed by atoms with E-state index in [9.17, 15) is 4.79 Å². The van der Waals surface area contributed by atoms with Crippen molar-refractivity contribution in [1.29, 1.82) is 0 Å². The van der Waals surface area contributed by atoms with Crippen LogP contribution < -0.4 is 9.47 Å². The molecule has 0 bridgehead atoms. The zero-order chi connectivity index (χ0) is 16.5. The van der Waals surface area contributed by atoms with E-state index in [0.29, 0.717) is 6.54 Å². The lowest BCUT2D eigenvalue weighted by Gasteiger charge is -2.30. The standard InChI is InChI=1S/C20H17N2OS/c1-15-10-12-21(13-11-15)14-20(23)22-16-6-2-4-8-18(16)24-19-9-5-3-7-17(19)22/h2-13H,14H2,1H3/q+1. The van der Waals surface area contributed by atoms with Crippen LogP contribution in [0.4, 0.5) is 11.4 Å². The number of anilines is 2. The van der Waals surface area contributed by atoms with E-state index in [1.54, 1.807) is 11.8 Å². The number of hydrogen-bond donors (Lipinski definition) is 0. The Balaban J connectivity index is 1.74. The number of aromatic nitrogens is 1. The second kappa shape index (κ2) is 6.13. The number of amides is 1. The van der Waals surface area contributed by atoms with Crippen molar-refractivity contribution in [3.05, 3.63) is 78.6 Å². The minimum atomic E-state index is 0.0593. The van der Waals surface area contributed by atoms with Gasteiger partial charge in [-0.25, -0.2) is 0 Å². The quantitative estimate of drug-likeness (QED) is 0.659. The van der Waals surface area contributed by atoms with Gasteiger partial charge in [0.15, 0.2) is 12.4 Å². The van der Waals surface area contributed by atoms with E-state index >= 15 is 0 Å². The summed E-state index contributed by atoms with van der Waals surface area (Å²) in [6.45, 7) is 2.36. The molecule has 2 aromatic carbocycles. The van der Waals surface area contributed by atoms with Crippen LogP contribution in [-0.4, -0.2) is 5.91 Å². The van der Waals surface area contributed by atoms with Crippen LogP contribution in [0.3, 0.4) is 0 Å². The Morgan fingerprint density at radius 3 is 2.04 bits per heavy atom. The Morgan fingerprint density at radius 2 is 1.46 bits per heavy atom. The number of fused-ring (bicyclic) bond motifs is 2. The van der Waals surface area contributed by atoms with Gasteiger partial charge in [-0.3, -0.25) is 9.69 Å². The van der Waals surface area contributed by atoms with E-state index < -0.39 is 0 Å². The summed E-state index contributed by atoms with van der Waals surface area (Å²) >= 11 is 1.71. The molecule has 1 aliphatic heterocycles. The monoisotopic (exact) mass is 333 g/mol. The van der Waals surface area contributed by atoms with Gasteiger partial charge in [0.05, 0.1) is 11.4 Å². The number of hydrogen-bond acceptors (Lipinski definition) is 2. The van der Waals surface area contributed by atoms with Gasteiger partial charge in [0, 0.05) is 21.9 Å². The number of aryl methyl sites for hydroxylation is 1. The highest BCUT2D eigenvalue weighted by Gasteiger charge is 2.29. The zero-order valence-electron chi connectivity index (χ0n) is 13.3. The highest BCUT2D eigenvalue weighted by Crippen LogP contribution is 2.47. The zero-order valence-corrected chi connectivity index (χ0v) is 14.2. The van der Waals surface area contributed by atoms with E-state index in [-0.39, 0.29) is 5.91 Å². The maximum atomic E-state index is 13.1. The van der Waals surface area contributed by atoms with Crippen molar-refractivity contribution >= 4 is 29.0 Å². The Hall–Kier alpha value is -2.59. The van der Waals surface area contributed by atoms with Gasteiger partial charge in [-0.05, 0) is 36.8 Å². The summed E-state index contributed by atoms with van der Waals surface area (Å²) in [4.78, 5) is 17.1. The predicted octanol–water partition coefficient (Wildman–Crippen LogP) is 4.11. The molecule has 0 saturated heterocycles. The molecule has 118 valence electrons. The molecule has 0 unspecified atom stereocenters. The second-order valence-electron chi connectivity index (χ2n) is 5.81. The average Bonchev–Trinajstić information content (AvgIpc) is 2.61. The minimum Gasteiger partial charge on any atom is -0.273 e. The molecule has 0 N–H and O–H groups in total. The molecule has 0 aliphatic carbocycles. The summed E-state index contributed by atoms with van der Waals surface area (Å²) in [5.74, 6) is 0.0593. The number of carbonyl (C=O) groups is 1. The van der Waals surface area contributed by atoms with Gasteiger partial charge in [0.2, 0.25) is 6.54 Å². The van der Waals surface area contributed by atoms with Crippen molar-refractivity contribution in [2.45, 2.75) is 23.3 Å². The predicted molar refractivity (Wildman–Crippen MR) is 95.5 cm³/mol. The van der Waals surface area contributed by atoms with Crippen LogP contribution in [0.25, 0.3) is 0 Å². The first-order valence-corrected chi connectivity index (χ1v) is 8.68. The maximum absolute atomic E-state index is 13.1. The van der Waals surface area contributed by atoms with Crippen molar-refractivity contribution in [3.63, 3.8) is 0 Å².